The van der Waals surface area contributed by atoms with Crippen LogP contribution in [0.15, 0.2) is 30.3 Å². The third kappa shape index (κ3) is 3.40. The molecule has 1 rings (SSSR count). The van der Waals surface area contributed by atoms with E-state index in [-0.39, 0.29) is 0 Å². The van der Waals surface area contributed by atoms with Crippen molar-refractivity contribution in [2.45, 2.75) is 18.3 Å². The van der Waals surface area contributed by atoms with E-state index in [9.17, 15) is 0 Å². The molecule has 1 unspecified atom stereocenters. The van der Waals surface area contributed by atoms with Gasteiger partial charge in [-0.3, -0.25) is 0 Å². The number of benzene rings is 1. The molecule has 1 aromatic rings. The lowest BCUT2D eigenvalue weighted by Crippen LogP contribution is -2.31. The summed E-state index contributed by atoms with van der Waals surface area (Å²) in [7, 11) is 0. The molecule has 0 saturated heterocycles. The van der Waals surface area contributed by atoms with Crippen molar-refractivity contribution < 1.29 is 0 Å². The highest BCUT2D eigenvalue weighted by atomic mass is 35.5. The van der Waals surface area contributed by atoms with Crippen LogP contribution in [0, 0.1) is 0 Å². The summed E-state index contributed by atoms with van der Waals surface area (Å²) in [6.45, 7) is 1.81. The first-order valence-corrected chi connectivity index (χ1v) is 3.97. The molecule has 0 aliphatic heterocycles. The summed E-state index contributed by atoms with van der Waals surface area (Å²) >= 11 is 5.85. The second-order valence-corrected chi connectivity index (χ2v) is 3.80. The maximum Gasteiger partial charge on any atom is 0.0923 e. The summed E-state index contributed by atoms with van der Waals surface area (Å²) in [5.41, 5.74) is 6.81. The maximum atomic E-state index is 5.85. The molecule has 0 fully saturated rings. The largest absolute Gasteiger partial charge is 0.313 e. The second kappa shape index (κ2) is 3.24. The Morgan fingerprint density at radius 1 is 1.36 bits per heavy atom. The molecule has 0 aliphatic rings. The molecule has 0 aromatic heterocycles. The third-order valence-corrected chi connectivity index (χ3v) is 1.53. The minimum absolute atomic E-state index is 0.624. The molecular formula is C9H12ClN. The van der Waals surface area contributed by atoms with E-state index >= 15 is 0 Å². The van der Waals surface area contributed by atoms with Crippen LogP contribution in [0.5, 0.6) is 0 Å². The van der Waals surface area contributed by atoms with Gasteiger partial charge in [0.05, 0.1) is 5.00 Å². The number of hydrogen-bond donors (Lipinski definition) is 1. The SMILES string of the molecule is CC(N)(Cl)Cc1ccccc1. The third-order valence-electron chi connectivity index (χ3n) is 1.39. The second-order valence-electron chi connectivity index (χ2n) is 2.94. The zero-order valence-corrected chi connectivity index (χ0v) is 7.31. The van der Waals surface area contributed by atoms with Gasteiger partial charge in [-0.1, -0.05) is 30.3 Å². The van der Waals surface area contributed by atoms with Crippen molar-refractivity contribution in [2.75, 3.05) is 0 Å². The topological polar surface area (TPSA) is 26.0 Å². The lowest BCUT2D eigenvalue weighted by atomic mass is 10.1. The van der Waals surface area contributed by atoms with Crippen LogP contribution in [0.2, 0.25) is 0 Å². The summed E-state index contributed by atoms with van der Waals surface area (Å²) < 4.78 is 0. The number of halogens is 1. The van der Waals surface area contributed by atoms with Gasteiger partial charge in [-0.15, -0.1) is 11.6 Å². The van der Waals surface area contributed by atoms with E-state index in [1.165, 1.54) is 5.56 Å². The first kappa shape index (κ1) is 8.57. The molecule has 1 nitrogen and oxygen atoms in total. The van der Waals surface area contributed by atoms with Crippen molar-refractivity contribution in [2.24, 2.45) is 5.73 Å². The van der Waals surface area contributed by atoms with Gasteiger partial charge in [0.2, 0.25) is 0 Å². The molecule has 0 amide bonds. The highest BCUT2D eigenvalue weighted by Gasteiger charge is 2.13. The van der Waals surface area contributed by atoms with Crippen molar-refractivity contribution in [3.05, 3.63) is 35.9 Å². The van der Waals surface area contributed by atoms with Gasteiger partial charge >= 0.3 is 0 Å². The van der Waals surface area contributed by atoms with Crippen molar-refractivity contribution in [1.82, 2.24) is 0 Å². The fourth-order valence-electron chi connectivity index (χ4n) is 0.995. The first-order valence-electron chi connectivity index (χ1n) is 3.60. The fraction of sp³-hybridized carbons (Fsp3) is 0.333. The predicted octanol–water partition coefficient (Wildman–Crippen LogP) is 2.14. The smallest absolute Gasteiger partial charge is 0.0923 e. The zero-order valence-electron chi connectivity index (χ0n) is 6.55. The van der Waals surface area contributed by atoms with Crippen LogP contribution in [0.3, 0.4) is 0 Å². The van der Waals surface area contributed by atoms with Gasteiger partial charge in [-0.2, -0.15) is 0 Å². The molecule has 1 aromatic carbocycles. The van der Waals surface area contributed by atoms with Gasteiger partial charge in [0.25, 0.3) is 0 Å². The number of alkyl halides is 1. The molecule has 60 valence electrons. The first-order chi connectivity index (χ1) is 5.08. The van der Waals surface area contributed by atoms with Crippen molar-refractivity contribution in [1.29, 1.82) is 0 Å². The Bertz CT molecular complexity index is 213. The molecule has 0 spiro atoms. The minimum atomic E-state index is -0.624. The molecule has 11 heavy (non-hydrogen) atoms. The quantitative estimate of drug-likeness (QED) is 0.533. The van der Waals surface area contributed by atoms with E-state index in [1.807, 2.05) is 37.3 Å². The normalized spacial score (nSPS) is 15.9. The van der Waals surface area contributed by atoms with Crippen LogP contribution in [0.1, 0.15) is 12.5 Å². The minimum Gasteiger partial charge on any atom is -0.313 e. The highest BCUT2D eigenvalue weighted by Crippen LogP contribution is 2.13. The van der Waals surface area contributed by atoms with Gasteiger partial charge in [0.1, 0.15) is 0 Å². The average molecular weight is 170 g/mol. The number of nitrogens with two attached hydrogens (primary N) is 1. The van der Waals surface area contributed by atoms with Crippen LogP contribution in [-0.4, -0.2) is 5.00 Å². The zero-order chi connectivity index (χ0) is 8.32. The molecule has 0 aliphatic carbocycles. The fourth-order valence-corrected chi connectivity index (χ4v) is 1.15. The van der Waals surface area contributed by atoms with E-state index in [0.29, 0.717) is 6.42 Å². The maximum absolute atomic E-state index is 5.85. The molecule has 1 atom stereocenters. The summed E-state index contributed by atoms with van der Waals surface area (Å²) in [6.07, 6.45) is 0.704. The van der Waals surface area contributed by atoms with E-state index in [2.05, 4.69) is 0 Å². The molecule has 0 radical (unpaired) electrons. The summed E-state index contributed by atoms with van der Waals surface area (Å²) in [5, 5.41) is 0. The van der Waals surface area contributed by atoms with Gasteiger partial charge in [-0.05, 0) is 12.5 Å². The highest BCUT2D eigenvalue weighted by molar-refractivity contribution is 6.23. The van der Waals surface area contributed by atoms with Crippen molar-refractivity contribution in [3.8, 4) is 0 Å². The van der Waals surface area contributed by atoms with Gasteiger partial charge < -0.3 is 5.73 Å². The van der Waals surface area contributed by atoms with Crippen LogP contribution in [0.4, 0.5) is 0 Å². The predicted molar refractivity (Wildman–Crippen MR) is 48.6 cm³/mol. The van der Waals surface area contributed by atoms with Crippen LogP contribution < -0.4 is 5.73 Å². The standard InChI is InChI=1S/C9H12ClN/c1-9(10,11)7-8-5-3-2-4-6-8/h2-6H,7,11H2,1H3. The van der Waals surface area contributed by atoms with E-state index in [1.54, 1.807) is 0 Å². The molecule has 2 heteroatoms. The average Bonchev–Trinajstić information content (AvgIpc) is 1.85. The van der Waals surface area contributed by atoms with E-state index in [0.717, 1.165) is 0 Å². The number of rotatable bonds is 2. The lowest BCUT2D eigenvalue weighted by molar-refractivity contribution is 0.658. The van der Waals surface area contributed by atoms with Crippen LogP contribution in [-0.2, 0) is 6.42 Å². The van der Waals surface area contributed by atoms with Crippen LogP contribution >= 0.6 is 11.6 Å². The summed E-state index contributed by atoms with van der Waals surface area (Å²) in [6, 6.07) is 9.99. The lowest BCUT2D eigenvalue weighted by Gasteiger charge is -2.14. The van der Waals surface area contributed by atoms with Crippen molar-refractivity contribution >= 4 is 11.6 Å². The Balaban J connectivity index is 2.66. The molecule has 0 saturated carbocycles. The van der Waals surface area contributed by atoms with Gasteiger partial charge in [-0.25, -0.2) is 0 Å². The van der Waals surface area contributed by atoms with Crippen molar-refractivity contribution in [3.63, 3.8) is 0 Å². The molecule has 0 bridgehead atoms. The Hall–Kier alpha value is -0.530. The Labute approximate surface area is 72.2 Å². The van der Waals surface area contributed by atoms with E-state index in [4.69, 9.17) is 17.3 Å². The Kier molecular flexibility index (Phi) is 2.53. The molecule has 0 heterocycles. The Morgan fingerprint density at radius 3 is 2.36 bits per heavy atom. The Morgan fingerprint density at radius 2 is 1.91 bits per heavy atom. The summed E-state index contributed by atoms with van der Waals surface area (Å²) in [4.78, 5) is -0.624. The summed E-state index contributed by atoms with van der Waals surface area (Å²) in [5.74, 6) is 0. The van der Waals surface area contributed by atoms with Crippen LogP contribution in [0.25, 0.3) is 0 Å². The number of hydrogen-bond acceptors (Lipinski definition) is 1. The van der Waals surface area contributed by atoms with Gasteiger partial charge in [0, 0.05) is 6.42 Å². The van der Waals surface area contributed by atoms with E-state index < -0.39 is 5.00 Å². The molecule has 2 N–H and O–H groups in total. The molecular weight excluding hydrogens is 158 g/mol. The monoisotopic (exact) mass is 169 g/mol. The van der Waals surface area contributed by atoms with Gasteiger partial charge in [0.15, 0.2) is 0 Å².